The van der Waals surface area contributed by atoms with Gasteiger partial charge in [0.15, 0.2) is 0 Å². The lowest BCUT2D eigenvalue weighted by molar-refractivity contribution is -0.186. The van der Waals surface area contributed by atoms with Crippen LogP contribution < -0.4 is 0 Å². The Hall–Kier alpha value is -1.16. The van der Waals surface area contributed by atoms with Crippen LogP contribution in [0.2, 0.25) is 0 Å². The monoisotopic (exact) mass is 374 g/mol. The highest BCUT2D eigenvalue weighted by Gasteiger charge is 2.84. The first-order valence-corrected chi connectivity index (χ1v) is 10.8. The molecule has 0 aliphatic heterocycles. The molecule has 1 N–H and O–H groups in total. The molecule has 0 aromatic rings. The minimum absolute atomic E-state index is 0.131. The molecule has 0 heterocycles. The number of allylic oxidation sites excluding steroid dienone is 1. The summed E-state index contributed by atoms with van der Waals surface area (Å²) in [5.41, 5.74) is -1.31. The number of carbonyl (C=O) groups excluding carboxylic acids is 1. The van der Waals surface area contributed by atoms with Crippen LogP contribution in [0.5, 0.6) is 0 Å². The van der Waals surface area contributed by atoms with Gasteiger partial charge in [-0.15, -0.1) is 0 Å². The van der Waals surface area contributed by atoms with Gasteiger partial charge in [-0.05, 0) is 55.3 Å². The summed E-state index contributed by atoms with van der Waals surface area (Å²) in [7, 11) is 0. The summed E-state index contributed by atoms with van der Waals surface area (Å²) in [5, 5.41) is 10.8. The van der Waals surface area contributed by atoms with Gasteiger partial charge in [-0.25, -0.2) is 0 Å². The van der Waals surface area contributed by atoms with E-state index in [2.05, 4.69) is 33.8 Å². The quantitative estimate of drug-likeness (QED) is 0.409. The number of carbonyl (C=O) groups is 2. The number of ether oxygens (including phenoxy) is 1. The molecule has 0 saturated heterocycles. The molecule has 0 unspecified atom stereocenters. The number of hydrogen-bond acceptors (Lipinski definition) is 3. The Bertz CT molecular complexity index is 682. The number of rotatable bonds is 7. The summed E-state index contributed by atoms with van der Waals surface area (Å²) in [6.07, 6.45) is 7.93. The molecule has 4 bridgehead atoms. The molecule has 3 fully saturated rings. The molecule has 0 aromatic carbocycles. The molecule has 4 nitrogen and oxygen atoms in total. The average Bonchev–Trinajstić information content (AvgIpc) is 3.19. The van der Waals surface area contributed by atoms with Gasteiger partial charge in [0.25, 0.3) is 0 Å². The zero-order chi connectivity index (χ0) is 19.6. The van der Waals surface area contributed by atoms with Crippen LogP contribution in [-0.4, -0.2) is 30.6 Å². The molecule has 7 atom stereocenters. The van der Waals surface area contributed by atoms with Gasteiger partial charge in [-0.3, -0.25) is 4.79 Å². The van der Waals surface area contributed by atoms with E-state index in [0.29, 0.717) is 31.5 Å². The first kappa shape index (κ1) is 19.2. The number of carboxylic acid groups (broad SMARTS) is 1. The SMILES string of the molecule is CCCOC[C@@]12C[C@@H]3[C@H](C)CC[C@H]3[C@@]3(C=O)C[C@@H]1C=C(C(C)C)[C@@]23C(=O)O. The predicted molar refractivity (Wildman–Crippen MR) is 103 cm³/mol. The van der Waals surface area contributed by atoms with E-state index in [1.54, 1.807) is 0 Å². The Kier molecular flexibility index (Phi) is 4.38. The van der Waals surface area contributed by atoms with E-state index in [-0.39, 0.29) is 17.8 Å². The van der Waals surface area contributed by atoms with Crippen LogP contribution in [0.4, 0.5) is 0 Å². The van der Waals surface area contributed by atoms with Crippen LogP contribution in [-0.2, 0) is 14.3 Å². The van der Waals surface area contributed by atoms with Crippen LogP contribution in [0, 0.1) is 45.8 Å². The molecule has 4 aliphatic carbocycles. The Balaban J connectivity index is 1.94. The van der Waals surface area contributed by atoms with Crippen molar-refractivity contribution in [3.8, 4) is 0 Å². The maximum absolute atomic E-state index is 13.1. The zero-order valence-corrected chi connectivity index (χ0v) is 17.2. The Morgan fingerprint density at radius 2 is 2.11 bits per heavy atom. The summed E-state index contributed by atoms with van der Waals surface area (Å²) in [6, 6.07) is 0. The highest BCUT2D eigenvalue weighted by Crippen LogP contribution is 2.82. The van der Waals surface area contributed by atoms with E-state index >= 15 is 0 Å². The molecule has 4 heteroatoms. The van der Waals surface area contributed by atoms with Crippen molar-refractivity contribution in [1.29, 1.82) is 0 Å². The lowest BCUT2D eigenvalue weighted by atomic mass is 9.43. The Morgan fingerprint density at radius 3 is 2.70 bits per heavy atom. The molecule has 0 spiro atoms. The van der Waals surface area contributed by atoms with Crippen LogP contribution in [0.1, 0.15) is 59.8 Å². The molecular weight excluding hydrogens is 340 g/mol. The van der Waals surface area contributed by atoms with E-state index in [0.717, 1.165) is 37.5 Å². The van der Waals surface area contributed by atoms with E-state index in [4.69, 9.17) is 4.74 Å². The molecular formula is C23H34O4. The van der Waals surface area contributed by atoms with E-state index < -0.39 is 22.2 Å². The van der Waals surface area contributed by atoms with Crippen molar-refractivity contribution in [1.82, 2.24) is 0 Å². The molecule has 0 radical (unpaired) electrons. The third kappa shape index (κ3) is 1.98. The highest BCUT2D eigenvalue weighted by molar-refractivity contribution is 5.90. The topological polar surface area (TPSA) is 63.6 Å². The van der Waals surface area contributed by atoms with E-state index in [1.165, 1.54) is 0 Å². The van der Waals surface area contributed by atoms with Crippen molar-refractivity contribution in [3.63, 3.8) is 0 Å². The second-order valence-electron chi connectivity index (χ2n) is 10.0. The average molecular weight is 375 g/mol. The molecule has 150 valence electrons. The second kappa shape index (κ2) is 6.17. The largest absolute Gasteiger partial charge is 0.481 e. The molecule has 4 rings (SSSR count). The fourth-order valence-electron chi connectivity index (χ4n) is 8.03. The second-order valence-corrected chi connectivity index (χ2v) is 10.0. The van der Waals surface area contributed by atoms with Crippen LogP contribution in [0.3, 0.4) is 0 Å². The van der Waals surface area contributed by atoms with Gasteiger partial charge in [0, 0.05) is 12.0 Å². The number of carboxylic acids is 1. The van der Waals surface area contributed by atoms with E-state index in [9.17, 15) is 14.7 Å². The van der Waals surface area contributed by atoms with Crippen LogP contribution in [0.15, 0.2) is 11.6 Å². The van der Waals surface area contributed by atoms with Gasteiger partial charge in [0.05, 0.1) is 12.0 Å². The van der Waals surface area contributed by atoms with Gasteiger partial charge < -0.3 is 14.6 Å². The van der Waals surface area contributed by atoms with Gasteiger partial charge >= 0.3 is 5.97 Å². The number of aliphatic carboxylic acids is 1. The third-order valence-corrected chi connectivity index (χ3v) is 8.83. The van der Waals surface area contributed by atoms with Gasteiger partial charge in [0.2, 0.25) is 0 Å². The molecule has 0 aromatic heterocycles. The Morgan fingerprint density at radius 1 is 1.37 bits per heavy atom. The number of fused-ring (bicyclic) bond motifs is 2. The van der Waals surface area contributed by atoms with Crippen molar-refractivity contribution in [2.24, 2.45) is 45.8 Å². The predicted octanol–water partition coefficient (Wildman–Crippen LogP) is 4.34. The summed E-state index contributed by atoms with van der Waals surface area (Å²) in [6.45, 7) is 9.66. The minimum Gasteiger partial charge on any atom is -0.481 e. The number of hydrogen-bond donors (Lipinski definition) is 1. The number of aldehydes is 1. The first-order chi connectivity index (χ1) is 12.8. The van der Waals surface area contributed by atoms with Crippen LogP contribution in [0.25, 0.3) is 0 Å². The third-order valence-electron chi connectivity index (χ3n) is 8.83. The maximum atomic E-state index is 13.1. The van der Waals surface area contributed by atoms with Gasteiger partial charge in [-0.1, -0.05) is 45.8 Å². The summed E-state index contributed by atoms with van der Waals surface area (Å²) >= 11 is 0. The smallest absolute Gasteiger partial charge is 0.315 e. The first-order valence-electron chi connectivity index (χ1n) is 10.8. The summed E-state index contributed by atoms with van der Waals surface area (Å²) in [4.78, 5) is 25.9. The minimum atomic E-state index is -1.08. The molecule has 27 heavy (non-hydrogen) atoms. The zero-order valence-electron chi connectivity index (χ0n) is 17.2. The fourth-order valence-corrected chi connectivity index (χ4v) is 8.03. The molecule has 3 saturated carbocycles. The standard InChI is InChI=1S/C23H34O4/c1-5-8-27-13-22-11-17-15(4)6-7-18(17)21(12-24)10-16(22)9-19(14(2)3)23(21,22)20(25)26/h9,12,14-18H,5-8,10-11,13H2,1-4H3,(H,25,26)/t15-,16+,17-,18-,21+,22+,23+/m1/s1. The van der Waals surface area contributed by atoms with Gasteiger partial charge in [-0.2, -0.15) is 0 Å². The summed E-state index contributed by atoms with van der Waals surface area (Å²) in [5.74, 6) is 0.696. The molecule has 4 aliphatic rings. The lowest BCUT2D eigenvalue weighted by Crippen LogP contribution is -2.63. The maximum Gasteiger partial charge on any atom is 0.315 e. The lowest BCUT2D eigenvalue weighted by Gasteiger charge is -2.58. The van der Waals surface area contributed by atoms with Crippen LogP contribution >= 0.6 is 0 Å². The van der Waals surface area contributed by atoms with Crippen molar-refractivity contribution in [3.05, 3.63) is 11.6 Å². The van der Waals surface area contributed by atoms with E-state index in [1.807, 2.05) is 0 Å². The fraction of sp³-hybridized carbons (Fsp3) is 0.826. The summed E-state index contributed by atoms with van der Waals surface area (Å²) < 4.78 is 6.09. The van der Waals surface area contributed by atoms with Crippen molar-refractivity contribution >= 4 is 12.3 Å². The van der Waals surface area contributed by atoms with Crippen molar-refractivity contribution in [2.75, 3.05) is 13.2 Å². The highest BCUT2D eigenvalue weighted by atomic mass is 16.5. The normalized spacial score (nSPS) is 47.2. The van der Waals surface area contributed by atoms with Crippen molar-refractivity contribution < 1.29 is 19.4 Å². The Labute approximate surface area is 162 Å². The molecule has 0 amide bonds. The van der Waals surface area contributed by atoms with Crippen molar-refractivity contribution in [2.45, 2.75) is 59.8 Å². The van der Waals surface area contributed by atoms with Gasteiger partial charge in [0.1, 0.15) is 11.7 Å².